The molecular formula is C10H16N2OS2. The van der Waals surface area contributed by atoms with E-state index in [4.69, 9.17) is 0 Å². The SMILES string of the molecule is C/C(=N\[S+]([O-])C(C)(C)C)c1nc(C)cs1. The lowest BCUT2D eigenvalue weighted by atomic mass is 10.3. The van der Waals surface area contributed by atoms with E-state index in [0.29, 0.717) is 0 Å². The number of aromatic nitrogens is 1. The van der Waals surface area contributed by atoms with Gasteiger partial charge in [0, 0.05) is 11.1 Å². The first-order chi connectivity index (χ1) is 6.80. The molecule has 0 aliphatic rings. The lowest BCUT2D eigenvalue weighted by molar-refractivity contribution is 0.561. The van der Waals surface area contributed by atoms with E-state index in [1.54, 1.807) is 0 Å². The van der Waals surface area contributed by atoms with E-state index in [1.165, 1.54) is 11.3 Å². The highest BCUT2D eigenvalue weighted by Crippen LogP contribution is 2.19. The number of aryl methyl sites for hydroxylation is 1. The smallest absolute Gasteiger partial charge is 0.144 e. The fraction of sp³-hybridized carbons (Fsp3) is 0.600. The molecule has 84 valence electrons. The molecule has 1 aromatic heterocycles. The summed E-state index contributed by atoms with van der Waals surface area (Å²) in [5, 5.41) is 2.82. The first-order valence-corrected chi connectivity index (χ1v) is 6.69. The molecule has 0 spiro atoms. The molecule has 0 aliphatic heterocycles. The molecule has 1 rings (SSSR count). The van der Waals surface area contributed by atoms with Gasteiger partial charge >= 0.3 is 0 Å². The third-order valence-corrected chi connectivity index (χ3v) is 4.23. The Hall–Kier alpha value is -0.390. The zero-order chi connectivity index (χ0) is 11.6. The van der Waals surface area contributed by atoms with Gasteiger partial charge in [0.2, 0.25) is 0 Å². The minimum atomic E-state index is -1.20. The predicted molar refractivity (Wildman–Crippen MR) is 67.0 cm³/mol. The van der Waals surface area contributed by atoms with Crippen molar-refractivity contribution < 1.29 is 4.55 Å². The van der Waals surface area contributed by atoms with Crippen LogP contribution in [0.25, 0.3) is 0 Å². The van der Waals surface area contributed by atoms with Gasteiger partial charge in [-0.15, -0.1) is 11.3 Å². The van der Waals surface area contributed by atoms with Crippen LogP contribution in [0.1, 0.15) is 38.4 Å². The van der Waals surface area contributed by atoms with Crippen LogP contribution in [0.3, 0.4) is 0 Å². The second-order valence-electron chi connectivity index (χ2n) is 4.33. The van der Waals surface area contributed by atoms with Crippen LogP contribution in [0.15, 0.2) is 9.78 Å². The van der Waals surface area contributed by atoms with Crippen molar-refractivity contribution in [3.63, 3.8) is 0 Å². The number of thiazole rings is 1. The average molecular weight is 244 g/mol. The van der Waals surface area contributed by atoms with Crippen molar-refractivity contribution in [1.82, 2.24) is 4.98 Å². The van der Waals surface area contributed by atoms with Crippen molar-refractivity contribution in [3.8, 4) is 0 Å². The zero-order valence-electron chi connectivity index (χ0n) is 9.70. The van der Waals surface area contributed by atoms with Gasteiger partial charge in [0.25, 0.3) is 0 Å². The third-order valence-electron chi connectivity index (χ3n) is 1.67. The maximum Gasteiger partial charge on any atom is 0.144 e. The molecule has 0 amide bonds. The van der Waals surface area contributed by atoms with Crippen LogP contribution in [0.2, 0.25) is 0 Å². The summed E-state index contributed by atoms with van der Waals surface area (Å²) < 4.78 is 15.6. The molecule has 3 nitrogen and oxygen atoms in total. The van der Waals surface area contributed by atoms with Crippen molar-refractivity contribution in [2.24, 2.45) is 4.40 Å². The van der Waals surface area contributed by atoms with Gasteiger partial charge in [-0.2, -0.15) is 0 Å². The lowest BCUT2D eigenvalue weighted by Gasteiger charge is -2.18. The van der Waals surface area contributed by atoms with Crippen molar-refractivity contribution >= 4 is 28.4 Å². The maximum atomic E-state index is 11.8. The first kappa shape index (κ1) is 12.7. The van der Waals surface area contributed by atoms with Gasteiger partial charge < -0.3 is 4.55 Å². The normalized spacial score (nSPS) is 15.5. The number of nitrogens with zero attached hydrogens (tertiary/aromatic N) is 2. The van der Waals surface area contributed by atoms with E-state index in [1.807, 2.05) is 40.0 Å². The molecule has 1 aromatic rings. The minimum Gasteiger partial charge on any atom is -0.591 e. The molecule has 1 heterocycles. The van der Waals surface area contributed by atoms with Crippen molar-refractivity contribution in [3.05, 3.63) is 16.1 Å². The molecule has 1 atom stereocenters. The monoisotopic (exact) mass is 244 g/mol. The van der Waals surface area contributed by atoms with Crippen LogP contribution in [0.5, 0.6) is 0 Å². The van der Waals surface area contributed by atoms with E-state index in [-0.39, 0.29) is 4.75 Å². The van der Waals surface area contributed by atoms with Crippen molar-refractivity contribution in [1.29, 1.82) is 0 Å². The van der Waals surface area contributed by atoms with E-state index >= 15 is 0 Å². The molecule has 15 heavy (non-hydrogen) atoms. The molecule has 0 radical (unpaired) electrons. The quantitative estimate of drug-likeness (QED) is 0.593. The highest BCUT2D eigenvalue weighted by molar-refractivity contribution is 7.91. The Bertz CT molecular complexity index is 366. The van der Waals surface area contributed by atoms with Gasteiger partial charge in [0.05, 0.1) is 0 Å². The Morgan fingerprint density at radius 2 is 2.13 bits per heavy atom. The van der Waals surface area contributed by atoms with E-state index < -0.39 is 11.4 Å². The predicted octanol–water partition coefficient (Wildman–Crippen LogP) is 2.72. The Balaban J connectivity index is 2.85. The minimum absolute atomic E-state index is 0.312. The highest BCUT2D eigenvalue weighted by Gasteiger charge is 2.27. The Morgan fingerprint density at radius 1 is 1.53 bits per heavy atom. The number of hydrogen-bond donors (Lipinski definition) is 0. The molecule has 0 saturated heterocycles. The van der Waals surface area contributed by atoms with Gasteiger partial charge in [0.1, 0.15) is 26.8 Å². The largest absolute Gasteiger partial charge is 0.591 e. The molecule has 0 N–H and O–H groups in total. The second kappa shape index (κ2) is 4.63. The fourth-order valence-corrected chi connectivity index (χ4v) is 2.24. The van der Waals surface area contributed by atoms with Crippen LogP contribution in [-0.4, -0.2) is 20.0 Å². The summed E-state index contributed by atoms with van der Waals surface area (Å²) in [5.41, 5.74) is 1.73. The molecular weight excluding hydrogens is 228 g/mol. The zero-order valence-corrected chi connectivity index (χ0v) is 11.3. The van der Waals surface area contributed by atoms with E-state index in [0.717, 1.165) is 16.4 Å². The van der Waals surface area contributed by atoms with Gasteiger partial charge in [0.15, 0.2) is 0 Å². The molecule has 0 aromatic carbocycles. The second-order valence-corrected chi connectivity index (χ2v) is 7.10. The summed E-state index contributed by atoms with van der Waals surface area (Å²) in [6.07, 6.45) is 0. The molecule has 5 heteroatoms. The van der Waals surface area contributed by atoms with Crippen LogP contribution in [-0.2, 0) is 11.4 Å². The van der Waals surface area contributed by atoms with Crippen LogP contribution < -0.4 is 0 Å². The summed E-state index contributed by atoms with van der Waals surface area (Å²) in [6, 6.07) is 0. The molecule has 0 saturated carbocycles. The van der Waals surface area contributed by atoms with Gasteiger partial charge in [-0.3, -0.25) is 0 Å². The van der Waals surface area contributed by atoms with Crippen molar-refractivity contribution in [2.75, 3.05) is 0 Å². The summed E-state index contributed by atoms with van der Waals surface area (Å²) in [5.74, 6) is 0. The van der Waals surface area contributed by atoms with Crippen LogP contribution in [0.4, 0.5) is 0 Å². The Kier molecular flexibility index (Phi) is 3.92. The summed E-state index contributed by atoms with van der Waals surface area (Å²) >= 11 is 0.330. The van der Waals surface area contributed by atoms with Gasteiger partial charge in [-0.25, -0.2) is 4.98 Å². The van der Waals surface area contributed by atoms with Crippen LogP contribution in [0, 0.1) is 6.92 Å². The summed E-state index contributed by atoms with van der Waals surface area (Å²) in [7, 11) is 0. The molecule has 0 aliphatic carbocycles. The lowest BCUT2D eigenvalue weighted by Crippen LogP contribution is -2.26. The van der Waals surface area contributed by atoms with Gasteiger partial charge in [-0.05, 0) is 34.6 Å². The topological polar surface area (TPSA) is 48.3 Å². The third kappa shape index (κ3) is 3.59. The number of hydrogen-bond acceptors (Lipinski definition) is 4. The standard InChI is InChI=1S/C10H16N2OS2/c1-7-6-14-9(11-7)8(2)12-15(13)10(3,4)5/h6H,1-5H3/b12-8+. The van der Waals surface area contributed by atoms with Gasteiger partial charge in [-0.1, -0.05) is 4.40 Å². The molecule has 0 fully saturated rings. The average Bonchev–Trinajstić information content (AvgIpc) is 2.50. The van der Waals surface area contributed by atoms with Crippen molar-refractivity contribution in [2.45, 2.75) is 39.4 Å². The van der Waals surface area contributed by atoms with Crippen LogP contribution >= 0.6 is 11.3 Å². The molecule has 1 unspecified atom stereocenters. The first-order valence-electron chi connectivity index (χ1n) is 4.70. The maximum absolute atomic E-state index is 11.8. The van der Waals surface area contributed by atoms with E-state index in [2.05, 4.69) is 9.38 Å². The highest BCUT2D eigenvalue weighted by atomic mass is 32.2. The number of rotatable bonds is 2. The van der Waals surface area contributed by atoms with E-state index in [9.17, 15) is 4.55 Å². The molecule has 0 bridgehead atoms. The summed E-state index contributed by atoms with van der Waals surface area (Å²) in [6.45, 7) is 9.52. The Morgan fingerprint density at radius 3 is 2.53 bits per heavy atom. The summed E-state index contributed by atoms with van der Waals surface area (Å²) in [4.78, 5) is 4.30. The fourth-order valence-electron chi connectivity index (χ4n) is 0.820. The Labute approximate surface area is 98.0 Å².